The molecule has 0 saturated heterocycles. The van der Waals surface area contributed by atoms with Gasteiger partial charge in [-0.25, -0.2) is 9.18 Å². The Morgan fingerprint density at radius 1 is 1.38 bits per heavy atom. The average Bonchev–Trinajstić information content (AvgIpc) is 2.99. The predicted molar refractivity (Wildman–Crippen MR) is 59.5 cm³/mol. The number of hydrogen-bond acceptors (Lipinski definition) is 1. The monoisotopic (exact) mass is 222 g/mol. The fourth-order valence-corrected chi connectivity index (χ4v) is 1.75. The summed E-state index contributed by atoms with van der Waals surface area (Å²) in [6.45, 7) is 0. The highest BCUT2D eigenvalue weighted by molar-refractivity contribution is 5.75. The maximum absolute atomic E-state index is 13.6. The van der Waals surface area contributed by atoms with Gasteiger partial charge in [0, 0.05) is 19.7 Å². The van der Waals surface area contributed by atoms with Crippen molar-refractivity contribution in [2.24, 2.45) is 0 Å². The van der Waals surface area contributed by atoms with Crippen molar-refractivity contribution >= 4 is 6.03 Å². The van der Waals surface area contributed by atoms with Gasteiger partial charge < -0.3 is 10.2 Å². The van der Waals surface area contributed by atoms with Crippen molar-refractivity contribution in [3.63, 3.8) is 0 Å². The molecular weight excluding hydrogens is 207 g/mol. The second-order valence-corrected chi connectivity index (χ2v) is 4.39. The summed E-state index contributed by atoms with van der Waals surface area (Å²) in [7, 11) is 3.35. The van der Waals surface area contributed by atoms with E-state index in [1.807, 2.05) is 0 Å². The van der Waals surface area contributed by atoms with Gasteiger partial charge in [0.2, 0.25) is 0 Å². The summed E-state index contributed by atoms with van der Waals surface area (Å²) in [5, 5.41) is 2.87. The van der Waals surface area contributed by atoms with Crippen LogP contribution in [0.2, 0.25) is 0 Å². The lowest BCUT2D eigenvalue weighted by atomic mass is 10.0. The van der Waals surface area contributed by atoms with Crippen LogP contribution in [0.4, 0.5) is 9.18 Å². The summed E-state index contributed by atoms with van der Waals surface area (Å²) in [6.07, 6.45) is 1.60. The molecule has 0 aliphatic heterocycles. The van der Waals surface area contributed by atoms with Gasteiger partial charge in [0.25, 0.3) is 0 Å². The Labute approximate surface area is 94.3 Å². The first-order valence-corrected chi connectivity index (χ1v) is 5.30. The van der Waals surface area contributed by atoms with E-state index in [1.165, 1.54) is 11.0 Å². The predicted octanol–water partition coefficient (Wildman–Crippen LogP) is 2.09. The molecule has 16 heavy (non-hydrogen) atoms. The maximum atomic E-state index is 13.6. The number of nitrogens with one attached hydrogen (secondary N) is 1. The molecule has 0 bridgehead atoms. The Hall–Kier alpha value is -1.58. The van der Waals surface area contributed by atoms with Crippen molar-refractivity contribution in [3.05, 3.63) is 35.6 Å². The van der Waals surface area contributed by atoms with Crippen LogP contribution in [0.3, 0.4) is 0 Å². The van der Waals surface area contributed by atoms with E-state index in [0.717, 1.165) is 12.8 Å². The van der Waals surface area contributed by atoms with Gasteiger partial charge in [-0.3, -0.25) is 0 Å². The van der Waals surface area contributed by atoms with Crippen LogP contribution in [-0.2, 0) is 5.54 Å². The van der Waals surface area contributed by atoms with E-state index in [4.69, 9.17) is 0 Å². The van der Waals surface area contributed by atoms with Gasteiger partial charge in [0.15, 0.2) is 0 Å². The Balaban J connectivity index is 2.21. The van der Waals surface area contributed by atoms with Crippen LogP contribution >= 0.6 is 0 Å². The Bertz CT molecular complexity index is 413. The van der Waals surface area contributed by atoms with Crippen LogP contribution in [0.25, 0.3) is 0 Å². The molecule has 1 N–H and O–H groups in total. The minimum atomic E-state index is -0.479. The third-order valence-electron chi connectivity index (χ3n) is 2.89. The molecule has 1 aliphatic rings. The van der Waals surface area contributed by atoms with Crippen molar-refractivity contribution in [3.8, 4) is 0 Å². The molecule has 0 heterocycles. The zero-order valence-corrected chi connectivity index (χ0v) is 9.46. The molecule has 1 aromatic rings. The highest BCUT2D eigenvalue weighted by Crippen LogP contribution is 2.46. The largest absolute Gasteiger partial charge is 0.331 e. The number of urea groups is 1. The molecule has 0 aromatic heterocycles. The molecule has 2 rings (SSSR count). The number of carbonyl (C=O) groups is 1. The van der Waals surface area contributed by atoms with E-state index in [2.05, 4.69) is 5.32 Å². The summed E-state index contributed by atoms with van der Waals surface area (Å²) >= 11 is 0. The quantitative estimate of drug-likeness (QED) is 0.816. The minimum Gasteiger partial charge on any atom is -0.331 e. The van der Waals surface area contributed by atoms with Gasteiger partial charge in [-0.2, -0.15) is 0 Å². The van der Waals surface area contributed by atoms with E-state index >= 15 is 0 Å². The average molecular weight is 222 g/mol. The van der Waals surface area contributed by atoms with Crippen LogP contribution in [0.15, 0.2) is 24.3 Å². The van der Waals surface area contributed by atoms with Crippen LogP contribution in [0, 0.1) is 5.82 Å². The SMILES string of the molecule is CN(C)C(=O)NC1(c2ccccc2F)CC1. The van der Waals surface area contributed by atoms with E-state index in [-0.39, 0.29) is 11.8 Å². The summed E-state index contributed by atoms with van der Waals surface area (Å²) in [5.41, 5.74) is 0.109. The fraction of sp³-hybridized carbons (Fsp3) is 0.417. The van der Waals surface area contributed by atoms with Crippen LogP contribution in [0.5, 0.6) is 0 Å². The second-order valence-electron chi connectivity index (χ2n) is 4.39. The van der Waals surface area contributed by atoms with Gasteiger partial charge in [0.05, 0.1) is 5.54 Å². The minimum absolute atomic E-state index is 0.180. The summed E-state index contributed by atoms with van der Waals surface area (Å²) in [4.78, 5) is 13.0. The number of amides is 2. The van der Waals surface area contributed by atoms with E-state index in [9.17, 15) is 9.18 Å². The fourth-order valence-electron chi connectivity index (χ4n) is 1.75. The van der Waals surface area contributed by atoms with Crippen molar-refractivity contribution in [1.29, 1.82) is 0 Å². The zero-order chi connectivity index (χ0) is 11.8. The first-order chi connectivity index (χ1) is 7.55. The highest BCUT2D eigenvalue weighted by Gasteiger charge is 2.47. The molecule has 2 amide bonds. The Morgan fingerprint density at radius 2 is 2.00 bits per heavy atom. The van der Waals surface area contributed by atoms with Crippen LogP contribution in [-0.4, -0.2) is 25.0 Å². The Morgan fingerprint density at radius 3 is 2.50 bits per heavy atom. The first kappa shape index (κ1) is 10.9. The smallest absolute Gasteiger partial charge is 0.317 e. The van der Waals surface area contributed by atoms with Crippen LogP contribution in [0.1, 0.15) is 18.4 Å². The highest BCUT2D eigenvalue weighted by atomic mass is 19.1. The molecule has 0 radical (unpaired) electrons. The molecule has 3 nitrogen and oxygen atoms in total. The standard InChI is InChI=1S/C12H15FN2O/c1-15(2)11(16)14-12(7-8-12)9-5-3-4-6-10(9)13/h3-6H,7-8H2,1-2H3,(H,14,16). The summed E-state index contributed by atoms with van der Waals surface area (Å²) in [5.74, 6) is -0.251. The molecule has 1 aromatic carbocycles. The molecule has 0 spiro atoms. The number of nitrogens with zero attached hydrogens (tertiary/aromatic N) is 1. The van der Waals surface area contributed by atoms with Gasteiger partial charge in [0.1, 0.15) is 5.82 Å². The van der Waals surface area contributed by atoms with Crippen molar-refractivity contribution in [2.75, 3.05) is 14.1 Å². The zero-order valence-electron chi connectivity index (χ0n) is 9.46. The number of halogens is 1. The van der Waals surface area contributed by atoms with Crippen LogP contribution < -0.4 is 5.32 Å². The Kier molecular flexibility index (Phi) is 2.58. The van der Waals surface area contributed by atoms with Crippen molar-refractivity contribution in [2.45, 2.75) is 18.4 Å². The topological polar surface area (TPSA) is 32.3 Å². The van der Waals surface area contributed by atoms with E-state index in [1.54, 1.807) is 32.3 Å². The second kappa shape index (κ2) is 3.77. The molecule has 1 saturated carbocycles. The molecule has 1 fully saturated rings. The molecule has 4 heteroatoms. The van der Waals surface area contributed by atoms with Gasteiger partial charge in [-0.15, -0.1) is 0 Å². The lowest BCUT2D eigenvalue weighted by Gasteiger charge is -2.21. The van der Waals surface area contributed by atoms with Crippen molar-refractivity contribution < 1.29 is 9.18 Å². The molecule has 0 unspecified atom stereocenters. The molecule has 0 atom stereocenters. The summed E-state index contributed by atoms with van der Waals surface area (Å²) in [6, 6.07) is 6.43. The molecule has 86 valence electrons. The van der Waals surface area contributed by atoms with Crippen molar-refractivity contribution in [1.82, 2.24) is 10.2 Å². The normalized spacial score (nSPS) is 16.7. The van der Waals surface area contributed by atoms with E-state index < -0.39 is 5.54 Å². The van der Waals surface area contributed by atoms with Gasteiger partial charge in [-0.05, 0) is 18.9 Å². The lowest BCUT2D eigenvalue weighted by molar-refractivity contribution is 0.211. The summed E-state index contributed by atoms with van der Waals surface area (Å²) < 4.78 is 13.6. The number of benzene rings is 1. The lowest BCUT2D eigenvalue weighted by Crippen LogP contribution is -2.41. The number of carbonyl (C=O) groups excluding carboxylic acids is 1. The number of rotatable bonds is 2. The third-order valence-corrected chi connectivity index (χ3v) is 2.89. The maximum Gasteiger partial charge on any atom is 0.317 e. The van der Waals surface area contributed by atoms with Gasteiger partial charge in [-0.1, -0.05) is 18.2 Å². The third kappa shape index (κ3) is 1.87. The van der Waals surface area contributed by atoms with Gasteiger partial charge >= 0.3 is 6.03 Å². The number of hydrogen-bond donors (Lipinski definition) is 1. The molecule has 1 aliphatic carbocycles. The molecular formula is C12H15FN2O. The van der Waals surface area contributed by atoms with E-state index in [0.29, 0.717) is 5.56 Å². The first-order valence-electron chi connectivity index (χ1n) is 5.30.